The summed E-state index contributed by atoms with van der Waals surface area (Å²) in [7, 11) is 0. The molecule has 0 bridgehead atoms. The molecule has 0 fully saturated rings. The molecule has 2 aromatic rings. The standard InChI is InChI=1S/C14H14ClN3O/c1-10-5-6-13(16-8-10)18-14(19)17-9-11-3-2-4-12(15)7-11/h2-8H,9H2,1H3,(H2,16,17,18,19). The van der Waals surface area contributed by atoms with Crippen LogP contribution in [0.1, 0.15) is 11.1 Å². The number of halogens is 1. The van der Waals surface area contributed by atoms with Crippen LogP contribution in [0.25, 0.3) is 0 Å². The maximum absolute atomic E-state index is 11.7. The van der Waals surface area contributed by atoms with Crippen molar-refractivity contribution in [1.82, 2.24) is 10.3 Å². The average molecular weight is 276 g/mol. The Morgan fingerprint density at radius 1 is 1.32 bits per heavy atom. The van der Waals surface area contributed by atoms with Gasteiger partial charge in [-0.05, 0) is 36.2 Å². The van der Waals surface area contributed by atoms with Crippen molar-refractivity contribution in [2.24, 2.45) is 0 Å². The Labute approximate surface area is 116 Å². The summed E-state index contributed by atoms with van der Waals surface area (Å²) in [5, 5.41) is 6.05. The number of aromatic nitrogens is 1. The molecule has 0 aliphatic carbocycles. The van der Waals surface area contributed by atoms with Gasteiger partial charge < -0.3 is 5.32 Å². The first kappa shape index (κ1) is 13.4. The number of nitrogens with zero attached hydrogens (tertiary/aromatic N) is 1. The number of anilines is 1. The minimum atomic E-state index is -0.295. The summed E-state index contributed by atoms with van der Waals surface area (Å²) in [4.78, 5) is 15.8. The molecule has 2 rings (SSSR count). The van der Waals surface area contributed by atoms with Crippen LogP contribution in [-0.4, -0.2) is 11.0 Å². The van der Waals surface area contributed by atoms with Crippen molar-refractivity contribution in [3.05, 3.63) is 58.7 Å². The van der Waals surface area contributed by atoms with Crippen molar-refractivity contribution in [2.75, 3.05) is 5.32 Å². The molecule has 0 spiro atoms. The lowest BCUT2D eigenvalue weighted by molar-refractivity contribution is 0.251. The van der Waals surface area contributed by atoms with Gasteiger partial charge in [-0.15, -0.1) is 0 Å². The number of urea groups is 1. The summed E-state index contributed by atoms with van der Waals surface area (Å²) in [5.41, 5.74) is 1.99. The van der Waals surface area contributed by atoms with Crippen molar-refractivity contribution in [2.45, 2.75) is 13.5 Å². The van der Waals surface area contributed by atoms with Crippen LogP contribution in [0.2, 0.25) is 5.02 Å². The molecule has 0 aliphatic heterocycles. The van der Waals surface area contributed by atoms with Gasteiger partial charge in [-0.25, -0.2) is 9.78 Å². The van der Waals surface area contributed by atoms with Crippen molar-refractivity contribution < 1.29 is 4.79 Å². The van der Waals surface area contributed by atoms with Crippen LogP contribution in [-0.2, 0) is 6.54 Å². The van der Waals surface area contributed by atoms with E-state index < -0.39 is 0 Å². The maximum Gasteiger partial charge on any atom is 0.320 e. The molecule has 19 heavy (non-hydrogen) atoms. The predicted octanol–water partition coefficient (Wildman–Crippen LogP) is 3.37. The van der Waals surface area contributed by atoms with Gasteiger partial charge in [-0.3, -0.25) is 5.32 Å². The number of carbonyl (C=O) groups excluding carboxylic acids is 1. The second-order valence-corrected chi connectivity index (χ2v) is 4.59. The first-order valence-corrected chi connectivity index (χ1v) is 6.23. The van der Waals surface area contributed by atoms with Gasteiger partial charge in [0.25, 0.3) is 0 Å². The number of amides is 2. The van der Waals surface area contributed by atoms with Crippen molar-refractivity contribution in [3.63, 3.8) is 0 Å². The first-order valence-electron chi connectivity index (χ1n) is 5.85. The fourth-order valence-corrected chi connectivity index (χ4v) is 1.74. The van der Waals surface area contributed by atoms with Crippen molar-refractivity contribution in [1.29, 1.82) is 0 Å². The minimum absolute atomic E-state index is 0.295. The molecule has 1 heterocycles. The van der Waals surface area contributed by atoms with E-state index in [-0.39, 0.29) is 6.03 Å². The molecule has 2 N–H and O–H groups in total. The third-order valence-electron chi connectivity index (χ3n) is 2.50. The zero-order chi connectivity index (χ0) is 13.7. The van der Waals surface area contributed by atoms with Crippen LogP contribution < -0.4 is 10.6 Å². The van der Waals surface area contributed by atoms with E-state index in [0.29, 0.717) is 17.4 Å². The number of benzene rings is 1. The number of carbonyl (C=O) groups is 1. The molecule has 1 aromatic heterocycles. The van der Waals surface area contributed by atoms with Gasteiger partial charge in [-0.2, -0.15) is 0 Å². The lowest BCUT2D eigenvalue weighted by Gasteiger charge is -2.07. The molecule has 0 radical (unpaired) electrons. The zero-order valence-corrected chi connectivity index (χ0v) is 11.2. The molecular weight excluding hydrogens is 262 g/mol. The fraction of sp³-hybridized carbons (Fsp3) is 0.143. The molecule has 0 saturated carbocycles. The number of hydrogen-bond donors (Lipinski definition) is 2. The summed E-state index contributed by atoms with van der Waals surface area (Å²) < 4.78 is 0. The highest BCUT2D eigenvalue weighted by molar-refractivity contribution is 6.30. The Balaban J connectivity index is 1.86. The van der Waals surface area contributed by atoms with Gasteiger partial charge in [0.2, 0.25) is 0 Å². The highest BCUT2D eigenvalue weighted by Gasteiger charge is 2.02. The van der Waals surface area contributed by atoms with Crippen molar-refractivity contribution >= 4 is 23.4 Å². The van der Waals surface area contributed by atoms with E-state index in [2.05, 4.69) is 15.6 Å². The van der Waals surface area contributed by atoms with E-state index in [9.17, 15) is 4.79 Å². The lowest BCUT2D eigenvalue weighted by Crippen LogP contribution is -2.28. The molecule has 98 valence electrons. The molecule has 0 aliphatic rings. The maximum atomic E-state index is 11.7. The number of pyridine rings is 1. The van der Waals surface area contributed by atoms with Gasteiger partial charge >= 0.3 is 6.03 Å². The minimum Gasteiger partial charge on any atom is -0.334 e. The van der Waals surface area contributed by atoms with Gasteiger partial charge in [0, 0.05) is 17.8 Å². The highest BCUT2D eigenvalue weighted by Crippen LogP contribution is 2.10. The third-order valence-corrected chi connectivity index (χ3v) is 2.73. The second kappa shape index (κ2) is 6.20. The summed E-state index contributed by atoms with van der Waals surface area (Å²) in [5.74, 6) is 0.522. The zero-order valence-electron chi connectivity index (χ0n) is 10.5. The second-order valence-electron chi connectivity index (χ2n) is 4.16. The predicted molar refractivity (Wildman–Crippen MR) is 76.3 cm³/mol. The summed E-state index contributed by atoms with van der Waals surface area (Å²) in [6.07, 6.45) is 1.70. The Hall–Kier alpha value is -2.07. The Kier molecular flexibility index (Phi) is 4.36. The number of rotatable bonds is 3. The number of aryl methyl sites for hydroxylation is 1. The van der Waals surface area contributed by atoms with Crippen molar-refractivity contribution in [3.8, 4) is 0 Å². The summed E-state index contributed by atoms with van der Waals surface area (Å²) in [6, 6.07) is 10.7. The molecule has 5 heteroatoms. The molecule has 0 atom stereocenters. The van der Waals surface area contributed by atoms with Crippen LogP contribution >= 0.6 is 11.6 Å². The van der Waals surface area contributed by atoms with E-state index in [1.807, 2.05) is 31.2 Å². The van der Waals surface area contributed by atoms with E-state index in [1.165, 1.54) is 0 Å². The Morgan fingerprint density at radius 3 is 2.84 bits per heavy atom. The van der Waals surface area contributed by atoms with Gasteiger partial charge in [-0.1, -0.05) is 29.8 Å². The van der Waals surface area contributed by atoms with Crippen LogP contribution in [0.5, 0.6) is 0 Å². The normalized spacial score (nSPS) is 10.0. The van der Waals surface area contributed by atoms with Gasteiger partial charge in [0.05, 0.1) is 0 Å². The molecular formula is C14H14ClN3O. The smallest absolute Gasteiger partial charge is 0.320 e. The number of hydrogen-bond acceptors (Lipinski definition) is 2. The van der Waals surface area contributed by atoms with Crippen LogP contribution in [0.3, 0.4) is 0 Å². The van der Waals surface area contributed by atoms with E-state index in [4.69, 9.17) is 11.6 Å². The average Bonchev–Trinajstić information content (AvgIpc) is 2.39. The quantitative estimate of drug-likeness (QED) is 0.902. The SMILES string of the molecule is Cc1ccc(NC(=O)NCc2cccc(Cl)c2)nc1. The Morgan fingerprint density at radius 2 is 2.16 bits per heavy atom. The Bertz CT molecular complexity index is 569. The molecule has 0 saturated heterocycles. The summed E-state index contributed by atoms with van der Waals surface area (Å²) in [6.45, 7) is 2.36. The van der Waals surface area contributed by atoms with Crippen LogP contribution in [0.4, 0.5) is 10.6 Å². The monoisotopic (exact) mass is 275 g/mol. The van der Waals surface area contributed by atoms with Crippen LogP contribution in [0.15, 0.2) is 42.6 Å². The van der Waals surface area contributed by atoms with E-state index >= 15 is 0 Å². The molecule has 4 nitrogen and oxygen atoms in total. The van der Waals surface area contributed by atoms with Gasteiger partial charge in [0.15, 0.2) is 0 Å². The topological polar surface area (TPSA) is 54.0 Å². The fourth-order valence-electron chi connectivity index (χ4n) is 1.53. The first-order chi connectivity index (χ1) is 9.13. The lowest BCUT2D eigenvalue weighted by atomic mass is 10.2. The summed E-state index contributed by atoms with van der Waals surface area (Å²) >= 11 is 5.87. The van der Waals surface area contributed by atoms with E-state index in [1.54, 1.807) is 18.3 Å². The third kappa shape index (κ3) is 4.26. The highest BCUT2D eigenvalue weighted by atomic mass is 35.5. The number of nitrogens with one attached hydrogen (secondary N) is 2. The molecule has 1 aromatic carbocycles. The van der Waals surface area contributed by atoms with Crippen LogP contribution in [0, 0.1) is 6.92 Å². The largest absolute Gasteiger partial charge is 0.334 e. The molecule has 0 unspecified atom stereocenters. The van der Waals surface area contributed by atoms with E-state index in [0.717, 1.165) is 11.1 Å². The van der Waals surface area contributed by atoms with Gasteiger partial charge in [0.1, 0.15) is 5.82 Å². The molecule has 2 amide bonds.